The van der Waals surface area contributed by atoms with Crippen molar-refractivity contribution in [1.82, 2.24) is 10.2 Å². The smallest absolute Gasteiger partial charge is 0.329 e. The van der Waals surface area contributed by atoms with E-state index in [1.165, 1.54) is 12.0 Å². The van der Waals surface area contributed by atoms with Gasteiger partial charge in [-0.25, -0.2) is 4.79 Å². The molecule has 2 bridgehead atoms. The van der Waals surface area contributed by atoms with Gasteiger partial charge in [0.1, 0.15) is 36.2 Å². The summed E-state index contributed by atoms with van der Waals surface area (Å²) in [5.74, 6) is -7.49. The van der Waals surface area contributed by atoms with Gasteiger partial charge < -0.3 is 54.3 Å². The molecule has 18 atom stereocenters. The topological polar surface area (TPSA) is 245 Å². The van der Waals surface area contributed by atoms with E-state index in [2.05, 4.69) is 5.32 Å². The van der Waals surface area contributed by atoms with E-state index >= 15 is 0 Å². The second-order valence-corrected chi connectivity index (χ2v) is 22.5. The van der Waals surface area contributed by atoms with Crippen LogP contribution in [0.2, 0.25) is 0 Å². The fourth-order valence-electron chi connectivity index (χ4n) is 11.7. The Kier molecular flexibility index (Phi) is 23.0. The highest BCUT2D eigenvalue weighted by Gasteiger charge is 2.53. The number of fused-ring (bicyclic) bond motifs is 4. The Hall–Kier alpha value is -3.94. The molecule has 4 aliphatic heterocycles. The Labute approximate surface area is 438 Å². The molecule has 5 N–H and O–H groups in total. The molecule has 1 amide bonds. The van der Waals surface area contributed by atoms with E-state index in [-0.39, 0.29) is 60.9 Å². The molecule has 416 valence electrons. The fraction of sp³-hybridized carbons (Fsp3) is 0.754. The number of piperidine rings is 2. The zero-order valence-corrected chi connectivity index (χ0v) is 45.6. The Morgan fingerprint density at radius 1 is 0.878 bits per heavy atom. The number of methoxy groups -OCH3 is 3. The number of ether oxygens (including phenoxy) is 5. The van der Waals surface area contributed by atoms with Crippen molar-refractivity contribution in [3.05, 3.63) is 47.6 Å². The lowest BCUT2D eigenvalue weighted by Crippen LogP contribution is -2.61. The van der Waals surface area contributed by atoms with Crippen molar-refractivity contribution in [2.45, 2.75) is 193 Å². The number of hydrogen-bond donors (Lipinski definition) is 5. The Bertz CT molecular complexity index is 2070. The molecule has 4 heterocycles. The van der Waals surface area contributed by atoms with Crippen molar-refractivity contribution in [3.8, 4) is 0 Å². The predicted octanol–water partition coefficient (Wildman–Crippen LogP) is 5.86. The van der Waals surface area contributed by atoms with E-state index in [9.17, 15) is 44.1 Å². The van der Waals surface area contributed by atoms with Gasteiger partial charge in [-0.3, -0.25) is 24.0 Å². The van der Waals surface area contributed by atoms with Crippen LogP contribution < -0.4 is 5.32 Å². The number of allylic oxidation sites excluding steroid dienone is 6. The number of esters is 1. The summed E-state index contributed by atoms with van der Waals surface area (Å²) in [5.41, 5.74) is 1.27. The first-order valence-electron chi connectivity index (χ1n) is 27.2. The summed E-state index contributed by atoms with van der Waals surface area (Å²) in [6.07, 6.45) is 12.3. The lowest BCUT2D eigenvalue weighted by molar-refractivity contribution is -0.265. The number of cyclic esters (lactones) is 1. The normalized spacial score (nSPS) is 40.0. The first kappa shape index (κ1) is 60.9. The van der Waals surface area contributed by atoms with Gasteiger partial charge in [0.05, 0.1) is 24.4 Å². The van der Waals surface area contributed by atoms with Crippen LogP contribution in [-0.4, -0.2) is 156 Å². The van der Waals surface area contributed by atoms with Gasteiger partial charge in [0, 0.05) is 58.5 Å². The van der Waals surface area contributed by atoms with Crippen molar-refractivity contribution >= 4 is 35.2 Å². The summed E-state index contributed by atoms with van der Waals surface area (Å²) in [6.45, 7) is 13.7. The summed E-state index contributed by atoms with van der Waals surface area (Å²) in [7, 11) is 4.52. The van der Waals surface area contributed by atoms with Crippen molar-refractivity contribution < 1.29 is 72.9 Å². The lowest BCUT2D eigenvalue weighted by Gasteiger charge is -2.42. The number of hydrogen-bond acceptors (Lipinski definition) is 15. The van der Waals surface area contributed by atoms with E-state index < -0.39 is 89.8 Å². The molecule has 6 aliphatic rings. The summed E-state index contributed by atoms with van der Waals surface area (Å²) in [5, 5.41) is 45.3. The highest BCUT2D eigenvalue weighted by atomic mass is 16.6. The van der Waals surface area contributed by atoms with E-state index in [1.807, 2.05) is 58.1 Å². The molecule has 0 radical (unpaired) electrons. The van der Waals surface area contributed by atoms with Crippen LogP contribution in [0.1, 0.15) is 132 Å². The van der Waals surface area contributed by atoms with E-state index in [0.717, 1.165) is 25.0 Å². The number of Topliss-reactive ketones (excluding diaryl/α,β-unsaturated/α-hetero) is 3. The minimum Gasteiger partial charge on any atom is -0.480 e. The summed E-state index contributed by atoms with van der Waals surface area (Å²) < 4.78 is 29.4. The SMILES string of the molecule is CO[C@H]1C[C@@H]2CC[C@@H](C)[C@@](O)(O2)C(=O)C(=O)N2CCCC[C@H]2C(=O)O[C@H]([C@H](C)C[C@@H]2CC[C@@H](O)[C@H](OC)C2)CC(=O)[C@H](C)/C=C(\C)[C@@H](O)[C@@H](OC)C(=O)[C@H](C)C[C@H](C)/C=C/C=CC=C1C.O=C(O)C1NCC2CC21. The standard InChI is InChI=1S/C51H79NO13.C6H9NO2/c1-30-16-12-11-13-17-31(2)42(61-8)28-38-21-19-36(7)51(60,65-38)48(57)49(58)52-23-15-14-18-39(52)50(59)64-43(33(4)26-37-20-22-40(53)44(27-37)62-9)29-41(54)32(3)25-35(6)46(56)47(63-10)45(55)34(5)24-30;8-6(9)5-4-1-3(4)2-7-5/h11-13,16-17,25,30,32-34,36-40,42-44,46-47,53,56,60H,14-15,18-24,26-29H2,1-10H3;3-5,7H,1-2H2,(H,8,9)/b13-11?,16-12+,31-17?,35-25+;/t30-,32-,33-,34-,36-,37+,38+,39+,40-,42+,43+,44-,46-,47+,51-;/m1./s1. The first-order chi connectivity index (χ1) is 35.0. The molecule has 0 aromatic carbocycles. The molecule has 17 heteroatoms. The maximum atomic E-state index is 14.4. The van der Waals surface area contributed by atoms with Gasteiger partial charge >= 0.3 is 11.9 Å². The van der Waals surface area contributed by atoms with Crippen LogP contribution in [0.5, 0.6) is 0 Å². The number of nitrogens with one attached hydrogen (secondary N) is 1. The molecule has 3 saturated heterocycles. The number of ketones is 3. The number of aliphatic hydroxyl groups is 3. The van der Waals surface area contributed by atoms with Gasteiger partial charge in [-0.1, -0.05) is 71.1 Å². The van der Waals surface area contributed by atoms with Gasteiger partial charge in [-0.15, -0.1) is 0 Å². The largest absolute Gasteiger partial charge is 0.480 e. The molecule has 0 spiro atoms. The third-order valence-corrected chi connectivity index (χ3v) is 16.8. The second kappa shape index (κ2) is 27.9. The molecule has 3 unspecified atom stereocenters. The number of aliphatic carboxylic acids is 1. The molecule has 5 fully saturated rings. The zero-order chi connectivity index (χ0) is 54.6. The summed E-state index contributed by atoms with van der Waals surface area (Å²) >= 11 is 0. The van der Waals surface area contributed by atoms with E-state index in [4.69, 9.17) is 28.8 Å². The maximum absolute atomic E-state index is 14.4. The number of aliphatic hydroxyl groups excluding tert-OH is 2. The average Bonchev–Trinajstić information content (AvgIpc) is 4.02. The Morgan fingerprint density at radius 3 is 2.23 bits per heavy atom. The third kappa shape index (κ3) is 15.8. The van der Waals surface area contributed by atoms with Crippen LogP contribution in [0.25, 0.3) is 0 Å². The number of nitrogens with zero attached hydrogens (tertiary/aromatic N) is 1. The van der Waals surface area contributed by atoms with Crippen LogP contribution in [0, 0.1) is 47.3 Å². The van der Waals surface area contributed by atoms with Crippen LogP contribution in [0.3, 0.4) is 0 Å². The number of carboxylic acid groups (broad SMARTS) is 1. The predicted molar refractivity (Wildman–Crippen MR) is 276 cm³/mol. The van der Waals surface area contributed by atoms with E-state index in [1.54, 1.807) is 41.1 Å². The van der Waals surface area contributed by atoms with E-state index in [0.29, 0.717) is 75.2 Å². The molecular weight excluding hydrogens is 953 g/mol. The molecule has 0 aromatic heterocycles. The minimum absolute atomic E-state index is 0.0193. The first-order valence-corrected chi connectivity index (χ1v) is 27.2. The summed E-state index contributed by atoms with van der Waals surface area (Å²) in [4.78, 5) is 82.1. The number of carboxylic acids is 1. The monoisotopic (exact) mass is 1040 g/mol. The minimum atomic E-state index is -2.43. The Morgan fingerprint density at radius 2 is 1.61 bits per heavy atom. The van der Waals surface area contributed by atoms with Gasteiger partial charge in [-0.05, 0) is 132 Å². The maximum Gasteiger partial charge on any atom is 0.329 e. The zero-order valence-electron chi connectivity index (χ0n) is 45.6. The van der Waals surface area contributed by atoms with Crippen LogP contribution in [0.4, 0.5) is 0 Å². The van der Waals surface area contributed by atoms with Gasteiger partial charge in [0.15, 0.2) is 5.78 Å². The molecular formula is C57H88N2O15. The quantitative estimate of drug-likeness (QED) is 0.114. The van der Waals surface area contributed by atoms with Gasteiger partial charge in [-0.2, -0.15) is 0 Å². The summed E-state index contributed by atoms with van der Waals surface area (Å²) in [6, 6.07) is -1.37. The molecule has 6 rings (SSSR count). The molecule has 0 aromatic rings. The number of carbonyl (C=O) groups is 6. The fourth-order valence-corrected chi connectivity index (χ4v) is 11.7. The molecule has 2 aliphatic carbocycles. The highest BCUT2D eigenvalue weighted by molar-refractivity contribution is 6.39. The van der Waals surface area contributed by atoms with Crippen LogP contribution in [-0.2, 0) is 52.5 Å². The highest BCUT2D eigenvalue weighted by Crippen LogP contribution is 2.45. The third-order valence-electron chi connectivity index (χ3n) is 16.8. The van der Waals surface area contributed by atoms with Crippen LogP contribution in [0.15, 0.2) is 47.6 Å². The molecule has 74 heavy (non-hydrogen) atoms. The molecule has 2 saturated carbocycles. The average molecular weight is 1040 g/mol. The second-order valence-electron chi connectivity index (χ2n) is 22.5. The lowest BCUT2D eigenvalue weighted by atomic mass is 9.78. The number of amides is 1. The van der Waals surface area contributed by atoms with Gasteiger partial charge in [0.25, 0.3) is 11.7 Å². The van der Waals surface area contributed by atoms with Crippen molar-refractivity contribution in [2.24, 2.45) is 47.3 Å². The van der Waals surface area contributed by atoms with Crippen molar-refractivity contribution in [3.63, 3.8) is 0 Å². The van der Waals surface area contributed by atoms with Crippen LogP contribution >= 0.6 is 0 Å². The van der Waals surface area contributed by atoms with Crippen molar-refractivity contribution in [1.29, 1.82) is 0 Å². The van der Waals surface area contributed by atoms with Crippen molar-refractivity contribution in [2.75, 3.05) is 34.4 Å². The molecule has 17 nitrogen and oxygen atoms in total. The number of carbonyl (C=O) groups excluding carboxylic acids is 5. The number of rotatable bonds is 7. The Balaban J connectivity index is 0.00000100. The van der Waals surface area contributed by atoms with Gasteiger partial charge in [0.2, 0.25) is 5.79 Å².